The van der Waals surface area contributed by atoms with E-state index in [-0.39, 0.29) is 35.8 Å². The van der Waals surface area contributed by atoms with E-state index in [2.05, 4.69) is 10.2 Å². The third kappa shape index (κ3) is 5.81. The lowest BCUT2D eigenvalue weighted by Gasteiger charge is -1.88. The molecule has 2 rings (SSSR count). The van der Waals surface area contributed by atoms with Gasteiger partial charge in [0.05, 0.1) is 0 Å². The van der Waals surface area contributed by atoms with E-state index in [9.17, 15) is 9.59 Å². The molecule has 1 amide bonds. The Bertz CT molecular complexity index is 554. The number of carboxylic acids is 1. The van der Waals surface area contributed by atoms with E-state index in [4.69, 9.17) is 10.8 Å². The van der Waals surface area contributed by atoms with E-state index >= 15 is 0 Å². The van der Waals surface area contributed by atoms with E-state index in [0.29, 0.717) is 5.69 Å². The fourth-order valence-corrected chi connectivity index (χ4v) is 1.35. The van der Waals surface area contributed by atoms with Crippen molar-refractivity contribution in [3.05, 3.63) is 34.9 Å². The minimum absolute atomic E-state index is 0. The zero-order valence-corrected chi connectivity index (χ0v) is 15.2. The van der Waals surface area contributed by atoms with Gasteiger partial charge < -0.3 is 17.0 Å². The first-order chi connectivity index (χ1) is 9.22. The Morgan fingerprint density at radius 1 is 1.05 bits per heavy atom. The molecule has 0 aliphatic rings. The first-order valence-corrected chi connectivity index (χ1v) is 5.76. The molecule has 0 aromatic carbocycles. The van der Waals surface area contributed by atoms with Gasteiger partial charge in [-0.05, 0) is 26.0 Å². The summed E-state index contributed by atoms with van der Waals surface area (Å²) in [7, 11) is 3.48. The summed E-state index contributed by atoms with van der Waals surface area (Å²) >= 11 is 0. The predicted octanol–water partition coefficient (Wildman–Crippen LogP) is 1.03. The first-order valence-electron chi connectivity index (χ1n) is 5.76. The Kier molecular flexibility index (Phi) is 9.28. The summed E-state index contributed by atoms with van der Waals surface area (Å²) in [6.07, 6.45) is 0. The molecule has 6 N–H and O–H groups in total. The van der Waals surface area contributed by atoms with Crippen LogP contribution in [0.4, 0.5) is 0 Å². The van der Waals surface area contributed by atoms with Crippen molar-refractivity contribution in [2.75, 3.05) is 0 Å². The van der Waals surface area contributed by atoms with Gasteiger partial charge in [0.1, 0.15) is 5.69 Å². The zero-order chi connectivity index (χ0) is 15.4. The molecule has 2 aromatic heterocycles. The number of carboxylic acid groups (broad SMARTS) is 1. The van der Waals surface area contributed by atoms with E-state index in [1.165, 1.54) is 10.7 Å². The van der Waals surface area contributed by atoms with Crippen molar-refractivity contribution >= 4 is 35.9 Å². The second-order valence-electron chi connectivity index (χ2n) is 4.26. The van der Waals surface area contributed by atoms with Crippen molar-refractivity contribution in [3.8, 4) is 0 Å². The Morgan fingerprint density at radius 3 is 1.55 bits per heavy atom. The fraction of sp³-hybridized carbons (Fsp3) is 0.333. The average molecular weight is 424 g/mol. The number of halogens is 1. The SMILES string of the molecule is Cc1cc(C(=O)O)nn1C.Cc1cc(C(N)=O)nn1C.I.N. The average Bonchev–Trinajstić information content (AvgIpc) is 2.85. The monoisotopic (exact) mass is 424 g/mol. The quantitative estimate of drug-likeness (QED) is 0.613. The van der Waals surface area contributed by atoms with E-state index in [0.717, 1.165) is 11.4 Å². The number of hydrogen-bond donors (Lipinski definition) is 3. The molecule has 0 unspecified atom stereocenters. The van der Waals surface area contributed by atoms with Crippen molar-refractivity contribution in [3.63, 3.8) is 0 Å². The molecule has 0 fully saturated rings. The lowest BCUT2D eigenvalue weighted by atomic mass is 10.4. The zero-order valence-electron chi connectivity index (χ0n) is 12.9. The molecule has 0 bridgehead atoms. The molecule has 2 heterocycles. The first kappa shape index (κ1) is 22.3. The van der Waals surface area contributed by atoms with Crippen LogP contribution < -0.4 is 11.9 Å². The lowest BCUT2D eigenvalue weighted by molar-refractivity contribution is 0.0689. The van der Waals surface area contributed by atoms with Crippen molar-refractivity contribution < 1.29 is 14.7 Å². The Hall–Kier alpha value is -1.95. The number of rotatable bonds is 2. The van der Waals surface area contributed by atoms with Crippen LogP contribution in [0, 0.1) is 13.8 Å². The molecule has 0 aliphatic heterocycles. The van der Waals surface area contributed by atoms with E-state index in [1.807, 2.05) is 6.92 Å². The maximum atomic E-state index is 10.5. The smallest absolute Gasteiger partial charge is 0.356 e. The fourth-order valence-electron chi connectivity index (χ4n) is 1.35. The largest absolute Gasteiger partial charge is 0.476 e. The minimum atomic E-state index is -0.983. The maximum absolute atomic E-state index is 10.5. The van der Waals surface area contributed by atoms with Crippen LogP contribution in [0.15, 0.2) is 12.1 Å². The van der Waals surface area contributed by atoms with Gasteiger partial charge in [-0.2, -0.15) is 10.2 Å². The van der Waals surface area contributed by atoms with Crippen molar-refractivity contribution in [2.24, 2.45) is 19.8 Å². The number of nitrogens with two attached hydrogens (primary N) is 1. The Balaban J connectivity index is 0. The molecule has 22 heavy (non-hydrogen) atoms. The van der Waals surface area contributed by atoms with Crippen molar-refractivity contribution in [1.82, 2.24) is 25.7 Å². The number of amides is 1. The third-order valence-electron chi connectivity index (χ3n) is 2.70. The van der Waals surface area contributed by atoms with Crippen molar-refractivity contribution in [1.29, 1.82) is 0 Å². The highest BCUT2D eigenvalue weighted by Gasteiger charge is 2.07. The number of carbonyl (C=O) groups is 2. The van der Waals surface area contributed by atoms with E-state index < -0.39 is 11.9 Å². The van der Waals surface area contributed by atoms with Gasteiger partial charge in [0.2, 0.25) is 0 Å². The molecular weight excluding hydrogens is 403 g/mol. The van der Waals surface area contributed by atoms with Gasteiger partial charge in [-0.1, -0.05) is 0 Å². The molecule has 10 heteroatoms. The van der Waals surface area contributed by atoms with Crippen LogP contribution in [-0.4, -0.2) is 36.5 Å². The summed E-state index contributed by atoms with van der Waals surface area (Å²) in [6.45, 7) is 3.67. The Labute approximate surface area is 145 Å². The van der Waals surface area contributed by atoms with Gasteiger partial charge >= 0.3 is 5.97 Å². The lowest BCUT2D eigenvalue weighted by Crippen LogP contribution is -2.11. The van der Waals surface area contributed by atoms with E-state index in [1.54, 1.807) is 31.8 Å². The van der Waals surface area contributed by atoms with Gasteiger partial charge in [-0.25, -0.2) is 4.79 Å². The highest BCUT2D eigenvalue weighted by Crippen LogP contribution is 2.00. The normalized spacial score (nSPS) is 8.91. The van der Waals surface area contributed by atoms with Crippen LogP contribution in [0.5, 0.6) is 0 Å². The van der Waals surface area contributed by atoms with Crippen molar-refractivity contribution in [2.45, 2.75) is 13.8 Å². The number of nitrogens with zero attached hydrogens (tertiary/aromatic N) is 4. The molecule has 0 radical (unpaired) electrons. The number of aromatic nitrogens is 4. The summed E-state index contributed by atoms with van der Waals surface area (Å²) in [5, 5.41) is 16.0. The maximum Gasteiger partial charge on any atom is 0.356 e. The van der Waals surface area contributed by atoms with Gasteiger partial charge in [0.25, 0.3) is 5.91 Å². The second-order valence-corrected chi connectivity index (χ2v) is 4.26. The summed E-state index contributed by atoms with van der Waals surface area (Å²) < 4.78 is 3.14. The molecular formula is C12H21IN6O3. The highest BCUT2D eigenvalue weighted by molar-refractivity contribution is 14.0. The number of hydrogen-bond acceptors (Lipinski definition) is 5. The number of carbonyl (C=O) groups excluding carboxylic acids is 1. The van der Waals surface area contributed by atoms with Crippen LogP contribution >= 0.6 is 24.0 Å². The van der Waals surface area contributed by atoms with Gasteiger partial charge in [-0.15, -0.1) is 24.0 Å². The predicted molar refractivity (Wildman–Crippen MR) is 91.8 cm³/mol. The topological polar surface area (TPSA) is 151 Å². The van der Waals surface area contributed by atoms with Crippen LogP contribution in [-0.2, 0) is 14.1 Å². The summed E-state index contributed by atoms with van der Waals surface area (Å²) in [4.78, 5) is 20.8. The molecule has 2 aromatic rings. The van der Waals surface area contributed by atoms with Crippen LogP contribution in [0.2, 0.25) is 0 Å². The minimum Gasteiger partial charge on any atom is -0.476 e. The summed E-state index contributed by atoms with van der Waals surface area (Å²) in [5.74, 6) is -1.47. The third-order valence-corrected chi connectivity index (χ3v) is 2.70. The highest BCUT2D eigenvalue weighted by atomic mass is 127. The molecule has 0 saturated carbocycles. The van der Waals surface area contributed by atoms with Gasteiger partial charge in [0.15, 0.2) is 5.69 Å². The molecule has 0 atom stereocenters. The standard InChI is InChI=1S/C6H9N3O.C6H8N2O2.HI.H3N/c1-4-3-5(6(7)10)8-9(4)2;1-4-3-5(6(9)10)7-8(4)2;;/h3H,1-2H3,(H2,7,10);3H,1-2H3,(H,9,10);1H;1H3. The van der Waals surface area contributed by atoms with Gasteiger partial charge in [0, 0.05) is 25.5 Å². The Morgan fingerprint density at radius 2 is 1.41 bits per heavy atom. The summed E-state index contributed by atoms with van der Waals surface area (Å²) in [6, 6.07) is 3.19. The molecule has 0 aliphatic carbocycles. The van der Waals surface area contributed by atoms with Crippen LogP contribution in [0.25, 0.3) is 0 Å². The van der Waals surface area contributed by atoms with Crippen LogP contribution in [0.3, 0.4) is 0 Å². The second kappa shape index (κ2) is 9.15. The number of aryl methyl sites for hydroxylation is 4. The van der Waals surface area contributed by atoms with Gasteiger partial charge in [-0.3, -0.25) is 14.2 Å². The summed E-state index contributed by atoms with van der Waals surface area (Å²) in [5.41, 5.74) is 7.17. The molecule has 9 nitrogen and oxygen atoms in total. The number of primary amides is 1. The molecule has 0 saturated heterocycles. The molecule has 0 spiro atoms. The molecule has 124 valence electrons. The number of aromatic carboxylic acids is 1. The van der Waals surface area contributed by atoms with Crippen LogP contribution in [0.1, 0.15) is 32.4 Å².